The average Bonchev–Trinajstić information content (AvgIpc) is 2.01. The maximum absolute atomic E-state index is 11.2. The summed E-state index contributed by atoms with van der Waals surface area (Å²) >= 11 is 0. The topological polar surface area (TPSA) is 83.2 Å². The summed E-state index contributed by atoms with van der Waals surface area (Å²) in [5.74, 6) is -2.80. The Bertz CT molecular complexity index is 392. The van der Waals surface area contributed by atoms with Gasteiger partial charge in [0.2, 0.25) is 5.78 Å². The van der Waals surface area contributed by atoms with E-state index in [-0.39, 0.29) is 62.6 Å². The summed E-state index contributed by atoms with van der Waals surface area (Å²) in [6, 6.07) is 3.26. The van der Waals surface area contributed by atoms with Crippen LogP contribution in [0.2, 0.25) is 0 Å². The summed E-state index contributed by atoms with van der Waals surface area (Å²) in [6.45, 7) is 3.45. The van der Waals surface area contributed by atoms with Gasteiger partial charge in [-0.3, -0.25) is 4.79 Å². The largest absolute Gasteiger partial charge is 1.00 e. The van der Waals surface area contributed by atoms with Crippen molar-refractivity contribution in [1.82, 2.24) is 0 Å². The average molecular weight is 231 g/mol. The Balaban J connectivity index is 0.00000196. The minimum absolute atomic E-state index is 0. The first-order valence-electron chi connectivity index (χ1n) is 4.06. The molecule has 0 fully saturated rings. The molecule has 0 saturated carbocycles. The van der Waals surface area contributed by atoms with Crippen LogP contribution in [-0.2, 0) is 4.79 Å². The predicted octanol–water partition coefficient (Wildman–Crippen LogP) is -3.18. The van der Waals surface area contributed by atoms with Crippen molar-refractivity contribution in [3.05, 3.63) is 28.8 Å². The minimum atomic E-state index is -1.73. The molecule has 1 rings (SSSR count). The third-order valence-electron chi connectivity index (χ3n) is 1.92. The second kappa shape index (κ2) is 5.76. The number of carbonyl (C=O) groups is 2. The molecule has 4 nitrogen and oxygen atoms in total. The molecule has 1 aromatic rings. The Morgan fingerprint density at radius 1 is 1.27 bits per heavy atom. The van der Waals surface area contributed by atoms with Gasteiger partial charge >= 0.3 is 51.4 Å². The molecule has 74 valence electrons. The molecule has 0 unspecified atom stereocenters. The summed E-state index contributed by atoms with van der Waals surface area (Å²) in [7, 11) is 0. The predicted molar refractivity (Wildman–Crippen MR) is 49.7 cm³/mol. The molecule has 1 aromatic carbocycles. The number of hydrogen-bond donors (Lipinski definition) is 1. The number of ketones is 1. The van der Waals surface area contributed by atoms with Gasteiger partial charge in [0, 0.05) is 11.3 Å². The van der Waals surface area contributed by atoms with E-state index >= 15 is 0 Å². The molecule has 0 aromatic heterocycles. The van der Waals surface area contributed by atoms with Crippen molar-refractivity contribution in [3.63, 3.8) is 0 Å². The van der Waals surface area contributed by atoms with Crippen LogP contribution in [0.15, 0.2) is 12.1 Å². The van der Waals surface area contributed by atoms with Crippen LogP contribution in [0.4, 0.5) is 5.69 Å². The molecule has 0 heterocycles. The van der Waals surface area contributed by atoms with E-state index in [1.54, 1.807) is 19.1 Å². The van der Waals surface area contributed by atoms with Crippen molar-refractivity contribution in [2.24, 2.45) is 0 Å². The third kappa shape index (κ3) is 3.39. The van der Waals surface area contributed by atoms with E-state index in [0.717, 1.165) is 5.56 Å². The van der Waals surface area contributed by atoms with Gasteiger partial charge in [0.1, 0.15) is 5.97 Å². The number of nitrogen functional groups attached to an aromatic ring is 1. The summed E-state index contributed by atoms with van der Waals surface area (Å²) in [4.78, 5) is 21.5. The molecular formula is C10H10KNO3. The number of aliphatic carboxylic acids is 1. The number of carboxylic acid groups (broad SMARTS) is 1. The molecule has 0 aliphatic heterocycles. The SMILES string of the molecule is Cc1cc(C)c(C(=O)C(=O)[O-])c(N)c1.[K+]. The molecule has 0 amide bonds. The molecular weight excluding hydrogens is 221 g/mol. The maximum Gasteiger partial charge on any atom is 1.00 e. The van der Waals surface area contributed by atoms with Crippen LogP contribution >= 0.6 is 0 Å². The smallest absolute Gasteiger partial charge is 0.541 e. The Hall–Kier alpha value is -0.204. The summed E-state index contributed by atoms with van der Waals surface area (Å²) in [5.41, 5.74) is 7.19. The number of carboxylic acids is 1. The van der Waals surface area contributed by atoms with Crippen LogP contribution in [0.3, 0.4) is 0 Å². The quantitative estimate of drug-likeness (QED) is 0.252. The zero-order valence-corrected chi connectivity index (χ0v) is 12.1. The minimum Gasteiger partial charge on any atom is -0.541 e. The Morgan fingerprint density at radius 3 is 2.20 bits per heavy atom. The van der Waals surface area contributed by atoms with Crippen molar-refractivity contribution < 1.29 is 66.1 Å². The number of carbonyl (C=O) groups excluding carboxylic acids is 2. The number of benzene rings is 1. The van der Waals surface area contributed by atoms with E-state index < -0.39 is 11.8 Å². The number of Topliss-reactive ketones (excluding diaryl/α,β-unsaturated/α-hetero) is 1. The first-order valence-corrected chi connectivity index (χ1v) is 4.06. The first-order chi connectivity index (χ1) is 6.43. The molecule has 0 spiro atoms. The zero-order valence-electron chi connectivity index (χ0n) is 8.96. The Morgan fingerprint density at radius 2 is 1.80 bits per heavy atom. The molecule has 5 heteroatoms. The zero-order chi connectivity index (χ0) is 10.9. The van der Waals surface area contributed by atoms with E-state index in [0.29, 0.717) is 5.56 Å². The van der Waals surface area contributed by atoms with Crippen molar-refractivity contribution >= 4 is 17.4 Å². The van der Waals surface area contributed by atoms with E-state index in [2.05, 4.69) is 0 Å². The summed E-state index contributed by atoms with van der Waals surface area (Å²) in [5, 5.41) is 10.4. The third-order valence-corrected chi connectivity index (χ3v) is 1.92. The second-order valence-electron chi connectivity index (χ2n) is 3.16. The van der Waals surface area contributed by atoms with Gasteiger partial charge in [-0.05, 0) is 31.0 Å². The van der Waals surface area contributed by atoms with Crippen molar-refractivity contribution in [1.29, 1.82) is 0 Å². The number of anilines is 1. The number of rotatable bonds is 2. The van der Waals surface area contributed by atoms with Gasteiger partial charge in [0.15, 0.2) is 0 Å². The maximum atomic E-state index is 11.2. The Labute approximate surface area is 130 Å². The van der Waals surface area contributed by atoms with Gasteiger partial charge in [0.25, 0.3) is 0 Å². The van der Waals surface area contributed by atoms with Crippen LogP contribution < -0.4 is 62.2 Å². The van der Waals surface area contributed by atoms with Crippen LogP contribution in [0.5, 0.6) is 0 Å². The van der Waals surface area contributed by atoms with E-state index in [1.165, 1.54) is 0 Å². The summed E-state index contributed by atoms with van der Waals surface area (Å²) < 4.78 is 0. The van der Waals surface area contributed by atoms with Crippen molar-refractivity contribution in [3.8, 4) is 0 Å². The van der Waals surface area contributed by atoms with Gasteiger partial charge in [-0.25, -0.2) is 0 Å². The van der Waals surface area contributed by atoms with Crippen LogP contribution in [0, 0.1) is 13.8 Å². The van der Waals surface area contributed by atoms with Gasteiger partial charge in [0.05, 0.1) is 0 Å². The number of nitrogens with two attached hydrogens (primary N) is 1. The van der Waals surface area contributed by atoms with Gasteiger partial charge in [-0.15, -0.1) is 0 Å². The molecule has 0 aliphatic carbocycles. The summed E-state index contributed by atoms with van der Waals surface area (Å²) in [6.07, 6.45) is 0. The number of aryl methyl sites for hydroxylation is 2. The number of hydrogen-bond acceptors (Lipinski definition) is 4. The van der Waals surface area contributed by atoms with Gasteiger partial charge in [-0.2, -0.15) is 0 Å². The fourth-order valence-electron chi connectivity index (χ4n) is 1.41. The van der Waals surface area contributed by atoms with Crippen LogP contribution in [0.1, 0.15) is 21.5 Å². The standard InChI is InChI=1S/C10H11NO3.K/c1-5-3-6(2)8(7(11)4-5)9(12)10(13)14;/h3-4H,11H2,1-2H3,(H,13,14);/q;+1/p-1. The monoisotopic (exact) mass is 231 g/mol. The van der Waals surface area contributed by atoms with E-state index in [4.69, 9.17) is 5.73 Å². The fourth-order valence-corrected chi connectivity index (χ4v) is 1.41. The normalized spacial score (nSPS) is 9.20. The van der Waals surface area contributed by atoms with Crippen LogP contribution in [-0.4, -0.2) is 11.8 Å². The van der Waals surface area contributed by atoms with Gasteiger partial charge < -0.3 is 15.6 Å². The molecule has 0 aliphatic rings. The Kier molecular flexibility index (Phi) is 5.69. The van der Waals surface area contributed by atoms with Crippen molar-refractivity contribution in [2.45, 2.75) is 13.8 Å². The molecule has 0 saturated heterocycles. The molecule has 0 radical (unpaired) electrons. The van der Waals surface area contributed by atoms with E-state index in [1.807, 2.05) is 6.92 Å². The second-order valence-corrected chi connectivity index (χ2v) is 3.16. The van der Waals surface area contributed by atoms with Crippen LogP contribution in [0.25, 0.3) is 0 Å². The van der Waals surface area contributed by atoms with Crippen molar-refractivity contribution in [2.75, 3.05) is 5.73 Å². The fraction of sp³-hybridized carbons (Fsp3) is 0.200. The molecule has 0 atom stereocenters. The molecule has 2 N–H and O–H groups in total. The molecule has 0 bridgehead atoms. The van der Waals surface area contributed by atoms with E-state index in [9.17, 15) is 14.7 Å². The van der Waals surface area contributed by atoms with Gasteiger partial charge in [-0.1, -0.05) is 6.07 Å². The first kappa shape index (κ1) is 14.8. The molecule has 15 heavy (non-hydrogen) atoms.